The summed E-state index contributed by atoms with van der Waals surface area (Å²) in [5.41, 5.74) is -2.51. The SMILES string of the molecule is COC(=O)C1C(=O)C2(O)c3c(OC)cccc3OC2(c2ccc(OC)cc2)C1c1ccccc1. The van der Waals surface area contributed by atoms with Crippen molar-refractivity contribution in [3.8, 4) is 17.2 Å². The molecule has 7 heteroatoms. The lowest BCUT2D eigenvalue weighted by molar-refractivity contribution is -0.155. The second kappa shape index (κ2) is 7.88. The van der Waals surface area contributed by atoms with E-state index in [0.29, 0.717) is 28.4 Å². The molecule has 0 amide bonds. The van der Waals surface area contributed by atoms with Gasteiger partial charge < -0.3 is 24.1 Å². The Hall–Kier alpha value is -3.84. The van der Waals surface area contributed by atoms with Crippen molar-refractivity contribution in [2.75, 3.05) is 21.3 Å². The maximum Gasteiger partial charge on any atom is 0.317 e. The van der Waals surface area contributed by atoms with E-state index in [4.69, 9.17) is 18.9 Å². The van der Waals surface area contributed by atoms with Crippen molar-refractivity contribution in [2.24, 2.45) is 5.92 Å². The summed E-state index contributed by atoms with van der Waals surface area (Å²) < 4.78 is 22.5. The van der Waals surface area contributed by atoms with E-state index in [2.05, 4.69) is 0 Å². The highest BCUT2D eigenvalue weighted by Gasteiger charge is 2.78. The maximum atomic E-state index is 14.1. The van der Waals surface area contributed by atoms with Crippen LogP contribution in [-0.4, -0.2) is 38.2 Å². The third-order valence-electron chi connectivity index (χ3n) is 6.92. The smallest absolute Gasteiger partial charge is 0.317 e. The van der Waals surface area contributed by atoms with Gasteiger partial charge in [-0.3, -0.25) is 9.59 Å². The first-order valence-electron chi connectivity index (χ1n) is 10.8. The summed E-state index contributed by atoms with van der Waals surface area (Å²) in [5, 5.41) is 12.4. The van der Waals surface area contributed by atoms with Gasteiger partial charge in [0.25, 0.3) is 0 Å². The Morgan fingerprint density at radius 2 is 1.62 bits per heavy atom. The van der Waals surface area contributed by atoms with E-state index in [1.54, 1.807) is 49.6 Å². The zero-order chi connectivity index (χ0) is 24.1. The van der Waals surface area contributed by atoms with Crippen molar-refractivity contribution < 1.29 is 33.6 Å². The van der Waals surface area contributed by atoms with Crippen LogP contribution in [0.25, 0.3) is 0 Å². The number of rotatable bonds is 5. The third kappa shape index (κ3) is 2.67. The molecule has 0 radical (unpaired) electrons. The molecule has 34 heavy (non-hydrogen) atoms. The Bertz CT molecular complexity index is 1250. The Kier molecular flexibility index (Phi) is 5.10. The Morgan fingerprint density at radius 1 is 0.912 bits per heavy atom. The first kappa shape index (κ1) is 22.0. The molecule has 1 aliphatic carbocycles. The van der Waals surface area contributed by atoms with Gasteiger partial charge in [0, 0.05) is 5.56 Å². The van der Waals surface area contributed by atoms with E-state index in [1.165, 1.54) is 14.2 Å². The number of hydrogen-bond acceptors (Lipinski definition) is 7. The predicted molar refractivity (Wildman–Crippen MR) is 122 cm³/mol. The Balaban J connectivity index is 1.88. The van der Waals surface area contributed by atoms with Crippen molar-refractivity contribution in [3.63, 3.8) is 0 Å². The van der Waals surface area contributed by atoms with Gasteiger partial charge in [0.1, 0.15) is 23.2 Å². The van der Waals surface area contributed by atoms with E-state index in [0.717, 1.165) is 0 Å². The fraction of sp³-hybridized carbons (Fsp3) is 0.259. The molecular formula is C27H24O7. The third-order valence-corrected chi connectivity index (χ3v) is 6.92. The highest BCUT2D eigenvalue weighted by Crippen LogP contribution is 2.68. The van der Waals surface area contributed by atoms with Crippen LogP contribution in [0.5, 0.6) is 17.2 Å². The van der Waals surface area contributed by atoms with Gasteiger partial charge >= 0.3 is 5.97 Å². The van der Waals surface area contributed by atoms with Crippen LogP contribution in [0.3, 0.4) is 0 Å². The van der Waals surface area contributed by atoms with Crippen LogP contribution in [0.4, 0.5) is 0 Å². The lowest BCUT2D eigenvalue weighted by Crippen LogP contribution is -2.50. The summed E-state index contributed by atoms with van der Waals surface area (Å²) >= 11 is 0. The largest absolute Gasteiger partial charge is 0.497 e. The lowest BCUT2D eigenvalue weighted by Gasteiger charge is -2.39. The van der Waals surface area contributed by atoms with Crippen molar-refractivity contribution in [1.29, 1.82) is 0 Å². The number of ketones is 1. The summed E-state index contributed by atoms with van der Waals surface area (Å²) in [4.78, 5) is 27.2. The highest BCUT2D eigenvalue weighted by molar-refractivity contribution is 6.09. The molecule has 174 valence electrons. The van der Waals surface area contributed by atoms with Gasteiger partial charge in [-0.1, -0.05) is 48.5 Å². The van der Waals surface area contributed by atoms with Crippen molar-refractivity contribution in [2.45, 2.75) is 17.1 Å². The second-order valence-corrected chi connectivity index (χ2v) is 8.36. The molecule has 7 nitrogen and oxygen atoms in total. The van der Waals surface area contributed by atoms with E-state index >= 15 is 0 Å². The lowest BCUT2D eigenvalue weighted by atomic mass is 9.70. The zero-order valence-electron chi connectivity index (χ0n) is 19.0. The molecule has 5 rings (SSSR count). The Morgan fingerprint density at radius 3 is 2.24 bits per heavy atom. The van der Waals surface area contributed by atoms with E-state index in [9.17, 15) is 14.7 Å². The minimum atomic E-state index is -2.22. The van der Waals surface area contributed by atoms with Gasteiger partial charge in [-0.25, -0.2) is 0 Å². The van der Waals surface area contributed by atoms with Gasteiger partial charge in [-0.15, -0.1) is 0 Å². The molecule has 1 N–H and O–H groups in total. The molecule has 0 saturated heterocycles. The summed E-state index contributed by atoms with van der Waals surface area (Å²) in [6, 6.07) is 21.1. The van der Waals surface area contributed by atoms with Gasteiger partial charge in [0.15, 0.2) is 11.4 Å². The standard InChI is InChI=1S/C27H24O7/c1-31-18-14-12-17(13-15-18)27-22(16-8-5-4-6-9-16)21(25(29)33-3)24(28)26(27,30)23-19(32-2)10-7-11-20(23)34-27/h4-15,21-22,30H,1-3H3. The van der Waals surface area contributed by atoms with Crippen LogP contribution >= 0.6 is 0 Å². The van der Waals surface area contributed by atoms with Gasteiger partial charge in [-0.2, -0.15) is 0 Å². The average molecular weight is 460 g/mol. The average Bonchev–Trinajstić information content (AvgIpc) is 3.27. The predicted octanol–water partition coefficient (Wildman–Crippen LogP) is 3.34. The van der Waals surface area contributed by atoms with Crippen molar-refractivity contribution in [1.82, 2.24) is 0 Å². The Labute approximate surface area is 196 Å². The van der Waals surface area contributed by atoms with Gasteiger partial charge in [0.2, 0.25) is 5.60 Å². The summed E-state index contributed by atoms with van der Waals surface area (Å²) in [7, 11) is 4.24. The number of methoxy groups -OCH3 is 3. The second-order valence-electron chi connectivity index (χ2n) is 8.36. The quantitative estimate of drug-likeness (QED) is 0.461. The van der Waals surface area contributed by atoms with Crippen LogP contribution in [-0.2, 0) is 25.5 Å². The van der Waals surface area contributed by atoms with E-state index in [-0.39, 0.29) is 5.56 Å². The summed E-state index contributed by atoms with van der Waals surface area (Å²) in [5.74, 6) is -2.43. The normalized spacial score (nSPS) is 26.9. The van der Waals surface area contributed by atoms with Crippen molar-refractivity contribution in [3.05, 3.63) is 89.5 Å². The molecule has 0 spiro atoms. The molecule has 4 atom stereocenters. The van der Waals surface area contributed by atoms with Gasteiger partial charge in [0.05, 0.1) is 32.8 Å². The molecule has 0 aromatic heterocycles. The first-order chi connectivity index (χ1) is 16.4. The minimum absolute atomic E-state index is 0.200. The van der Waals surface area contributed by atoms with Gasteiger partial charge in [-0.05, 0) is 29.8 Å². The molecule has 3 aromatic rings. The molecule has 1 fully saturated rings. The number of esters is 1. The molecule has 1 aliphatic heterocycles. The highest BCUT2D eigenvalue weighted by atomic mass is 16.5. The molecule has 2 aliphatic rings. The zero-order valence-corrected chi connectivity index (χ0v) is 19.0. The van der Waals surface area contributed by atoms with E-state index < -0.39 is 34.8 Å². The molecule has 0 bridgehead atoms. The number of carbonyl (C=O) groups is 2. The fourth-order valence-electron chi connectivity index (χ4n) is 5.51. The number of carbonyl (C=O) groups excluding carboxylic acids is 2. The number of hydrogen-bond donors (Lipinski definition) is 1. The fourth-order valence-corrected chi connectivity index (χ4v) is 5.51. The van der Waals surface area contributed by atoms with Crippen molar-refractivity contribution >= 4 is 11.8 Å². The van der Waals surface area contributed by atoms with Crippen LogP contribution < -0.4 is 14.2 Å². The minimum Gasteiger partial charge on any atom is -0.497 e. The first-order valence-corrected chi connectivity index (χ1v) is 10.8. The molecule has 3 aromatic carbocycles. The number of ether oxygens (including phenoxy) is 4. The van der Waals surface area contributed by atoms with Crippen LogP contribution in [0.15, 0.2) is 72.8 Å². The topological polar surface area (TPSA) is 91.3 Å². The van der Waals surface area contributed by atoms with Crippen LogP contribution in [0, 0.1) is 5.92 Å². The number of benzene rings is 3. The maximum absolute atomic E-state index is 14.1. The number of Topliss-reactive ketones (excluding diaryl/α,β-unsaturated/α-hetero) is 1. The number of aliphatic hydroxyl groups is 1. The molecule has 1 saturated carbocycles. The molecular weight excluding hydrogens is 436 g/mol. The molecule has 1 heterocycles. The van der Waals surface area contributed by atoms with Crippen LogP contribution in [0.2, 0.25) is 0 Å². The van der Waals surface area contributed by atoms with Crippen LogP contribution in [0.1, 0.15) is 22.6 Å². The number of fused-ring (bicyclic) bond motifs is 3. The monoisotopic (exact) mass is 460 g/mol. The molecule has 4 unspecified atom stereocenters. The summed E-state index contributed by atoms with van der Waals surface area (Å²) in [6.07, 6.45) is 0. The summed E-state index contributed by atoms with van der Waals surface area (Å²) in [6.45, 7) is 0. The van der Waals surface area contributed by atoms with E-state index in [1.807, 2.05) is 30.3 Å².